The first-order chi connectivity index (χ1) is 12.1. The molecule has 5 nitrogen and oxygen atoms in total. The molecule has 0 unspecified atom stereocenters. The standard InChI is InChI=1S/C19H19BrN2O3/c1-2-3-18(23)21-15-8-9-17-16(10-15)22(19(24)12-25-17)11-13-4-6-14(20)7-5-13/h4-10H,2-3,11-12H2,1H3,(H,21,23). The van der Waals surface area contributed by atoms with Gasteiger partial charge in [-0.3, -0.25) is 9.59 Å². The minimum Gasteiger partial charge on any atom is -0.482 e. The fourth-order valence-electron chi connectivity index (χ4n) is 2.68. The zero-order valence-electron chi connectivity index (χ0n) is 13.9. The fraction of sp³-hybridized carbons (Fsp3) is 0.263. The molecule has 130 valence electrons. The normalized spacial score (nSPS) is 13.2. The van der Waals surface area contributed by atoms with Gasteiger partial charge in [0.05, 0.1) is 12.2 Å². The molecule has 2 amide bonds. The van der Waals surface area contributed by atoms with Crippen LogP contribution in [-0.2, 0) is 16.1 Å². The number of nitrogens with zero attached hydrogens (tertiary/aromatic N) is 1. The summed E-state index contributed by atoms with van der Waals surface area (Å²) in [7, 11) is 0. The number of rotatable bonds is 5. The number of carbonyl (C=O) groups is 2. The third-order valence-corrected chi connectivity index (χ3v) is 4.45. The molecule has 6 heteroatoms. The van der Waals surface area contributed by atoms with Crippen LogP contribution in [0.1, 0.15) is 25.3 Å². The molecule has 0 saturated heterocycles. The van der Waals surface area contributed by atoms with Crippen molar-refractivity contribution in [1.29, 1.82) is 0 Å². The zero-order valence-corrected chi connectivity index (χ0v) is 15.5. The number of hydrogen-bond donors (Lipinski definition) is 1. The van der Waals surface area contributed by atoms with Gasteiger partial charge >= 0.3 is 0 Å². The van der Waals surface area contributed by atoms with Crippen molar-refractivity contribution in [3.63, 3.8) is 0 Å². The monoisotopic (exact) mass is 402 g/mol. The molecule has 25 heavy (non-hydrogen) atoms. The Morgan fingerprint density at radius 3 is 2.72 bits per heavy atom. The molecule has 1 heterocycles. The molecule has 1 aliphatic rings. The summed E-state index contributed by atoms with van der Waals surface area (Å²) in [6.07, 6.45) is 1.25. The second-order valence-electron chi connectivity index (χ2n) is 5.88. The number of ether oxygens (including phenoxy) is 1. The van der Waals surface area contributed by atoms with Crippen molar-refractivity contribution in [2.24, 2.45) is 0 Å². The molecule has 0 aromatic heterocycles. The summed E-state index contributed by atoms with van der Waals surface area (Å²) >= 11 is 3.41. The molecule has 3 rings (SSSR count). The number of fused-ring (bicyclic) bond motifs is 1. The largest absolute Gasteiger partial charge is 0.482 e. The first-order valence-corrected chi connectivity index (χ1v) is 8.97. The van der Waals surface area contributed by atoms with Gasteiger partial charge < -0.3 is 15.0 Å². The first-order valence-electron chi connectivity index (χ1n) is 8.18. The van der Waals surface area contributed by atoms with E-state index in [-0.39, 0.29) is 18.4 Å². The van der Waals surface area contributed by atoms with E-state index in [4.69, 9.17) is 4.74 Å². The summed E-state index contributed by atoms with van der Waals surface area (Å²) in [6.45, 7) is 2.43. The zero-order chi connectivity index (χ0) is 17.8. The van der Waals surface area contributed by atoms with E-state index in [1.807, 2.05) is 31.2 Å². The second kappa shape index (κ2) is 7.70. The summed E-state index contributed by atoms with van der Waals surface area (Å²) < 4.78 is 6.51. The lowest BCUT2D eigenvalue weighted by Crippen LogP contribution is -2.38. The van der Waals surface area contributed by atoms with E-state index in [9.17, 15) is 9.59 Å². The predicted octanol–water partition coefficient (Wildman–Crippen LogP) is 4.11. The molecule has 0 aliphatic carbocycles. The maximum atomic E-state index is 12.4. The third-order valence-electron chi connectivity index (χ3n) is 3.92. The average Bonchev–Trinajstić information content (AvgIpc) is 2.59. The van der Waals surface area contributed by atoms with Crippen LogP contribution < -0.4 is 15.0 Å². The van der Waals surface area contributed by atoms with Gasteiger partial charge in [0.25, 0.3) is 5.91 Å². The quantitative estimate of drug-likeness (QED) is 0.818. The minimum atomic E-state index is -0.104. The van der Waals surface area contributed by atoms with E-state index in [1.54, 1.807) is 23.1 Å². The van der Waals surface area contributed by atoms with Crippen LogP contribution in [0, 0.1) is 0 Å². The fourth-order valence-corrected chi connectivity index (χ4v) is 2.94. The molecule has 1 N–H and O–H groups in total. The summed E-state index contributed by atoms with van der Waals surface area (Å²) in [4.78, 5) is 25.9. The van der Waals surface area contributed by atoms with Crippen LogP contribution in [0.25, 0.3) is 0 Å². The van der Waals surface area contributed by atoms with Crippen LogP contribution in [0.3, 0.4) is 0 Å². The van der Waals surface area contributed by atoms with Crippen molar-refractivity contribution < 1.29 is 14.3 Å². The number of benzene rings is 2. The highest BCUT2D eigenvalue weighted by atomic mass is 79.9. The van der Waals surface area contributed by atoms with Crippen LogP contribution in [0.5, 0.6) is 5.75 Å². The molecule has 0 bridgehead atoms. The summed E-state index contributed by atoms with van der Waals surface area (Å²) in [5.41, 5.74) is 2.36. The number of carbonyl (C=O) groups excluding carboxylic acids is 2. The van der Waals surface area contributed by atoms with Gasteiger partial charge in [-0.15, -0.1) is 0 Å². The summed E-state index contributed by atoms with van der Waals surface area (Å²) in [6, 6.07) is 13.2. The molecule has 1 aliphatic heterocycles. The Morgan fingerprint density at radius 1 is 1.24 bits per heavy atom. The molecule has 0 atom stereocenters. The molecule has 0 spiro atoms. The molecule has 0 radical (unpaired) electrons. The van der Waals surface area contributed by atoms with Gasteiger partial charge in [0.2, 0.25) is 5.91 Å². The smallest absolute Gasteiger partial charge is 0.265 e. The molecule has 0 saturated carbocycles. The topological polar surface area (TPSA) is 58.6 Å². The van der Waals surface area contributed by atoms with E-state index in [2.05, 4.69) is 21.2 Å². The third kappa shape index (κ3) is 4.20. The number of amides is 2. The van der Waals surface area contributed by atoms with Crippen LogP contribution in [0.4, 0.5) is 11.4 Å². The second-order valence-corrected chi connectivity index (χ2v) is 6.79. The molecule has 2 aromatic rings. The lowest BCUT2D eigenvalue weighted by atomic mass is 10.1. The van der Waals surface area contributed by atoms with Gasteiger partial charge in [-0.1, -0.05) is 35.0 Å². The number of halogens is 1. The lowest BCUT2D eigenvalue weighted by Gasteiger charge is -2.30. The van der Waals surface area contributed by atoms with E-state index in [0.717, 1.165) is 16.5 Å². The SMILES string of the molecule is CCCC(=O)Nc1ccc2c(c1)N(Cc1ccc(Br)cc1)C(=O)CO2. The van der Waals surface area contributed by atoms with E-state index < -0.39 is 0 Å². The lowest BCUT2D eigenvalue weighted by molar-refractivity contribution is -0.121. The Balaban J connectivity index is 1.86. The number of hydrogen-bond acceptors (Lipinski definition) is 3. The number of nitrogens with one attached hydrogen (secondary N) is 1. The Kier molecular flexibility index (Phi) is 5.38. The van der Waals surface area contributed by atoms with Crippen molar-refractivity contribution >= 4 is 39.1 Å². The Labute approximate surface area is 155 Å². The average molecular weight is 403 g/mol. The predicted molar refractivity (Wildman–Crippen MR) is 101 cm³/mol. The maximum Gasteiger partial charge on any atom is 0.265 e. The highest BCUT2D eigenvalue weighted by Gasteiger charge is 2.26. The highest BCUT2D eigenvalue weighted by molar-refractivity contribution is 9.10. The van der Waals surface area contributed by atoms with Crippen LogP contribution in [0.15, 0.2) is 46.9 Å². The van der Waals surface area contributed by atoms with E-state index >= 15 is 0 Å². The van der Waals surface area contributed by atoms with Crippen LogP contribution in [-0.4, -0.2) is 18.4 Å². The van der Waals surface area contributed by atoms with E-state index in [1.165, 1.54) is 0 Å². The molecule has 0 fully saturated rings. The van der Waals surface area contributed by atoms with Crippen molar-refractivity contribution in [2.75, 3.05) is 16.8 Å². The van der Waals surface area contributed by atoms with Gasteiger partial charge in [-0.2, -0.15) is 0 Å². The van der Waals surface area contributed by atoms with Crippen molar-refractivity contribution in [1.82, 2.24) is 0 Å². The van der Waals surface area contributed by atoms with Gasteiger partial charge in [0, 0.05) is 16.6 Å². The van der Waals surface area contributed by atoms with Crippen molar-refractivity contribution in [2.45, 2.75) is 26.3 Å². The highest BCUT2D eigenvalue weighted by Crippen LogP contribution is 2.35. The van der Waals surface area contributed by atoms with Gasteiger partial charge in [-0.25, -0.2) is 0 Å². The van der Waals surface area contributed by atoms with Gasteiger partial charge in [0.1, 0.15) is 5.75 Å². The number of anilines is 2. The summed E-state index contributed by atoms with van der Waals surface area (Å²) in [5.74, 6) is 0.502. The molecule has 2 aromatic carbocycles. The minimum absolute atomic E-state index is 0.0189. The van der Waals surface area contributed by atoms with E-state index in [0.29, 0.717) is 30.1 Å². The molecular weight excluding hydrogens is 384 g/mol. The van der Waals surface area contributed by atoms with Gasteiger partial charge in [-0.05, 0) is 42.3 Å². The maximum absolute atomic E-state index is 12.4. The summed E-state index contributed by atoms with van der Waals surface area (Å²) in [5, 5.41) is 2.86. The van der Waals surface area contributed by atoms with Crippen LogP contribution >= 0.6 is 15.9 Å². The Morgan fingerprint density at radius 2 is 2.00 bits per heavy atom. The van der Waals surface area contributed by atoms with Gasteiger partial charge in [0.15, 0.2) is 6.61 Å². The van der Waals surface area contributed by atoms with Crippen molar-refractivity contribution in [3.8, 4) is 5.75 Å². The Hall–Kier alpha value is -2.34. The Bertz CT molecular complexity index is 790. The molecular formula is C19H19BrN2O3. The first kappa shape index (κ1) is 17.5. The van der Waals surface area contributed by atoms with Crippen LogP contribution in [0.2, 0.25) is 0 Å². The van der Waals surface area contributed by atoms with Crippen molar-refractivity contribution in [3.05, 3.63) is 52.5 Å².